The number of hydrogen-bond donors (Lipinski definition) is 2. The van der Waals surface area contributed by atoms with E-state index in [1.54, 1.807) is 0 Å². The molecular formula is C15H20N4O2. The summed E-state index contributed by atoms with van der Waals surface area (Å²) < 4.78 is 0. The highest BCUT2D eigenvalue weighted by molar-refractivity contribution is 5.79. The topological polar surface area (TPSA) is 78.7 Å². The van der Waals surface area contributed by atoms with Crippen molar-refractivity contribution in [2.45, 2.75) is 18.9 Å². The Morgan fingerprint density at radius 3 is 2.95 bits per heavy atom. The summed E-state index contributed by atoms with van der Waals surface area (Å²) in [6.45, 7) is 2.50. The van der Waals surface area contributed by atoms with Crippen LogP contribution in [0, 0.1) is 0 Å². The van der Waals surface area contributed by atoms with Gasteiger partial charge in [-0.2, -0.15) is 0 Å². The lowest BCUT2D eigenvalue weighted by Crippen LogP contribution is -2.53. The van der Waals surface area contributed by atoms with E-state index in [0.717, 1.165) is 11.3 Å². The van der Waals surface area contributed by atoms with Crippen LogP contribution in [0.1, 0.15) is 12.0 Å². The number of nitrogens with two attached hydrogens (primary N) is 1. The molecule has 2 fully saturated rings. The Bertz CT molecular complexity index is 560. The first kappa shape index (κ1) is 13.7. The van der Waals surface area contributed by atoms with Crippen molar-refractivity contribution in [3.63, 3.8) is 0 Å². The molecule has 0 radical (unpaired) electrons. The van der Waals surface area contributed by atoms with E-state index in [9.17, 15) is 9.59 Å². The van der Waals surface area contributed by atoms with Crippen molar-refractivity contribution >= 4 is 17.6 Å². The summed E-state index contributed by atoms with van der Waals surface area (Å²) in [5, 5.41) is 2.82. The lowest BCUT2D eigenvalue weighted by atomic mass is 10.1. The standard InChI is InChI=1S/C15H20N4O2/c16-13-4-2-1-3-11(13)5-6-14(20)18-7-8-19-12(10-18)9-17-15(19)21/h1-4,12H,5-10,16H2,(H,17,21). The van der Waals surface area contributed by atoms with Gasteiger partial charge in [0.2, 0.25) is 5.91 Å². The van der Waals surface area contributed by atoms with Crippen molar-refractivity contribution in [2.75, 3.05) is 31.9 Å². The number of amides is 3. The molecule has 2 heterocycles. The number of anilines is 1. The monoisotopic (exact) mass is 288 g/mol. The zero-order chi connectivity index (χ0) is 14.8. The summed E-state index contributed by atoms with van der Waals surface area (Å²) in [5.41, 5.74) is 7.65. The Morgan fingerprint density at radius 2 is 2.14 bits per heavy atom. The number of rotatable bonds is 3. The third kappa shape index (κ3) is 2.79. The fourth-order valence-corrected chi connectivity index (χ4v) is 2.99. The van der Waals surface area contributed by atoms with Crippen LogP contribution in [0.4, 0.5) is 10.5 Å². The van der Waals surface area contributed by atoms with E-state index in [4.69, 9.17) is 5.73 Å². The molecular weight excluding hydrogens is 268 g/mol. The summed E-state index contributed by atoms with van der Waals surface area (Å²) in [4.78, 5) is 27.5. The minimum absolute atomic E-state index is 0.0100. The molecule has 1 atom stereocenters. The second-order valence-corrected chi connectivity index (χ2v) is 5.57. The van der Waals surface area contributed by atoms with E-state index in [-0.39, 0.29) is 18.0 Å². The van der Waals surface area contributed by atoms with Gasteiger partial charge in [-0.15, -0.1) is 0 Å². The average Bonchev–Trinajstić information content (AvgIpc) is 2.87. The lowest BCUT2D eigenvalue weighted by Gasteiger charge is -2.36. The van der Waals surface area contributed by atoms with Crippen LogP contribution in [-0.2, 0) is 11.2 Å². The van der Waals surface area contributed by atoms with Crippen LogP contribution in [0.2, 0.25) is 0 Å². The summed E-state index contributed by atoms with van der Waals surface area (Å²) in [6.07, 6.45) is 1.12. The smallest absolute Gasteiger partial charge is 0.317 e. The fraction of sp³-hybridized carbons (Fsp3) is 0.467. The Labute approximate surface area is 123 Å². The first-order chi connectivity index (χ1) is 10.1. The van der Waals surface area contributed by atoms with Gasteiger partial charge in [0.05, 0.1) is 6.04 Å². The predicted molar refractivity (Wildman–Crippen MR) is 79.6 cm³/mol. The summed E-state index contributed by atoms with van der Waals surface area (Å²) >= 11 is 0. The Balaban J connectivity index is 1.55. The molecule has 2 aliphatic heterocycles. The molecule has 6 heteroatoms. The molecule has 0 aromatic heterocycles. The van der Waals surface area contributed by atoms with E-state index < -0.39 is 0 Å². The molecule has 3 amide bonds. The second-order valence-electron chi connectivity index (χ2n) is 5.57. The minimum atomic E-state index is -0.0100. The molecule has 2 saturated heterocycles. The molecule has 1 aromatic rings. The van der Waals surface area contributed by atoms with E-state index in [0.29, 0.717) is 39.0 Å². The molecule has 112 valence electrons. The molecule has 3 rings (SSSR count). The summed E-state index contributed by atoms with van der Waals surface area (Å²) in [7, 11) is 0. The maximum Gasteiger partial charge on any atom is 0.317 e. The predicted octanol–water partition coefficient (Wildman–Crippen LogP) is 0.437. The van der Waals surface area contributed by atoms with Gasteiger partial charge < -0.3 is 20.9 Å². The van der Waals surface area contributed by atoms with Crippen molar-refractivity contribution in [3.8, 4) is 0 Å². The normalized spacial score (nSPS) is 21.1. The van der Waals surface area contributed by atoms with Crippen LogP contribution in [0.25, 0.3) is 0 Å². The zero-order valence-electron chi connectivity index (χ0n) is 11.9. The average molecular weight is 288 g/mol. The third-order valence-electron chi connectivity index (χ3n) is 4.25. The van der Waals surface area contributed by atoms with Gasteiger partial charge in [0.25, 0.3) is 0 Å². The number of benzene rings is 1. The van der Waals surface area contributed by atoms with Crippen molar-refractivity contribution in [3.05, 3.63) is 29.8 Å². The summed E-state index contributed by atoms with van der Waals surface area (Å²) in [6, 6.07) is 7.75. The number of fused-ring (bicyclic) bond motifs is 1. The van der Waals surface area contributed by atoms with Gasteiger partial charge in [-0.05, 0) is 18.1 Å². The molecule has 0 saturated carbocycles. The van der Waals surface area contributed by atoms with Crippen LogP contribution in [0.3, 0.4) is 0 Å². The molecule has 6 nitrogen and oxygen atoms in total. The molecule has 1 unspecified atom stereocenters. The van der Waals surface area contributed by atoms with Crippen LogP contribution in [0.15, 0.2) is 24.3 Å². The third-order valence-corrected chi connectivity index (χ3v) is 4.25. The first-order valence-corrected chi connectivity index (χ1v) is 7.31. The van der Waals surface area contributed by atoms with E-state index in [1.165, 1.54) is 0 Å². The second kappa shape index (κ2) is 5.63. The van der Waals surface area contributed by atoms with Crippen LogP contribution in [0.5, 0.6) is 0 Å². The van der Waals surface area contributed by atoms with Crippen molar-refractivity contribution < 1.29 is 9.59 Å². The highest BCUT2D eigenvalue weighted by Gasteiger charge is 2.36. The molecule has 21 heavy (non-hydrogen) atoms. The SMILES string of the molecule is Nc1ccccc1CCC(=O)N1CCN2C(=O)NCC2C1. The number of piperazine rings is 1. The van der Waals surface area contributed by atoms with Gasteiger partial charge in [-0.25, -0.2) is 4.79 Å². The number of nitrogens with zero attached hydrogens (tertiary/aromatic N) is 2. The van der Waals surface area contributed by atoms with Gasteiger partial charge in [0.1, 0.15) is 0 Å². The highest BCUT2D eigenvalue weighted by Crippen LogP contribution is 2.17. The van der Waals surface area contributed by atoms with Gasteiger partial charge in [-0.1, -0.05) is 18.2 Å². The maximum absolute atomic E-state index is 12.3. The number of carbonyl (C=O) groups excluding carboxylic acids is 2. The van der Waals surface area contributed by atoms with E-state index in [1.807, 2.05) is 34.1 Å². The molecule has 0 bridgehead atoms. The number of para-hydroxylation sites is 1. The van der Waals surface area contributed by atoms with Gasteiger partial charge in [0, 0.05) is 38.3 Å². The van der Waals surface area contributed by atoms with Gasteiger partial charge in [-0.3, -0.25) is 4.79 Å². The van der Waals surface area contributed by atoms with Crippen molar-refractivity contribution in [1.82, 2.24) is 15.1 Å². The molecule has 2 aliphatic rings. The number of hydrogen-bond acceptors (Lipinski definition) is 3. The highest BCUT2D eigenvalue weighted by atomic mass is 16.2. The minimum Gasteiger partial charge on any atom is -0.399 e. The number of urea groups is 1. The summed E-state index contributed by atoms with van der Waals surface area (Å²) in [5.74, 6) is 0.136. The van der Waals surface area contributed by atoms with E-state index in [2.05, 4.69) is 5.32 Å². The molecule has 0 spiro atoms. The maximum atomic E-state index is 12.3. The van der Waals surface area contributed by atoms with Crippen LogP contribution >= 0.6 is 0 Å². The largest absolute Gasteiger partial charge is 0.399 e. The van der Waals surface area contributed by atoms with Crippen molar-refractivity contribution in [2.24, 2.45) is 0 Å². The van der Waals surface area contributed by atoms with Crippen molar-refractivity contribution in [1.29, 1.82) is 0 Å². The van der Waals surface area contributed by atoms with E-state index >= 15 is 0 Å². The Hall–Kier alpha value is -2.24. The Kier molecular flexibility index (Phi) is 3.68. The number of nitrogens with one attached hydrogen (secondary N) is 1. The number of carbonyl (C=O) groups is 2. The number of aryl methyl sites for hydroxylation is 1. The van der Waals surface area contributed by atoms with Crippen LogP contribution in [-0.4, -0.2) is 54.0 Å². The first-order valence-electron chi connectivity index (χ1n) is 7.31. The molecule has 3 N–H and O–H groups in total. The molecule has 0 aliphatic carbocycles. The number of nitrogen functional groups attached to an aromatic ring is 1. The quantitative estimate of drug-likeness (QED) is 0.792. The van der Waals surface area contributed by atoms with Gasteiger partial charge >= 0.3 is 6.03 Å². The zero-order valence-corrected chi connectivity index (χ0v) is 11.9. The van der Waals surface area contributed by atoms with Crippen LogP contribution < -0.4 is 11.1 Å². The fourth-order valence-electron chi connectivity index (χ4n) is 2.99. The lowest BCUT2D eigenvalue weighted by molar-refractivity contribution is -0.133. The van der Waals surface area contributed by atoms with Gasteiger partial charge in [0.15, 0.2) is 0 Å². The Morgan fingerprint density at radius 1 is 1.33 bits per heavy atom. The molecule has 1 aromatic carbocycles.